The third-order valence-corrected chi connectivity index (χ3v) is 2.57. The van der Waals surface area contributed by atoms with E-state index in [1.54, 1.807) is 12.1 Å². The van der Waals surface area contributed by atoms with Gasteiger partial charge in [-0.2, -0.15) is 0 Å². The van der Waals surface area contributed by atoms with E-state index in [9.17, 15) is 9.59 Å². The van der Waals surface area contributed by atoms with Gasteiger partial charge in [-0.15, -0.1) is 0 Å². The van der Waals surface area contributed by atoms with E-state index in [-0.39, 0.29) is 5.78 Å². The van der Waals surface area contributed by atoms with E-state index in [4.69, 9.17) is 4.42 Å². The summed E-state index contributed by atoms with van der Waals surface area (Å²) in [4.78, 5) is 23.0. The Bertz CT molecular complexity index is 535. The molecule has 0 radical (unpaired) electrons. The van der Waals surface area contributed by atoms with E-state index >= 15 is 0 Å². The molecular weight excluding hydrogens is 220 g/mol. The van der Waals surface area contributed by atoms with E-state index in [0.29, 0.717) is 11.3 Å². The topological polar surface area (TPSA) is 56.5 Å². The van der Waals surface area contributed by atoms with Crippen LogP contribution in [0.4, 0.5) is 0 Å². The van der Waals surface area contributed by atoms with Gasteiger partial charge in [-0.05, 0) is 19.1 Å². The largest absolute Gasteiger partial charge is 0.468 e. The fourth-order valence-corrected chi connectivity index (χ4v) is 1.74. The quantitative estimate of drug-likeness (QED) is 0.601. The average molecular weight is 232 g/mol. The molecule has 2 aromatic rings. The van der Waals surface area contributed by atoms with Gasteiger partial charge < -0.3 is 9.15 Å². The zero-order valence-electron chi connectivity index (χ0n) is 9.60. The van der Waals surface area contributed by atoms with Gasteiger partial charge in [-0.3, -0.25) is 9.59 Å². The number of carbonyl (C=O) groups excluding carboxylic acids is 2. The fraction of sp³-hybridized carbons (Fsp3) is 0.231. The van der Waals surface area contributed by atoms with Crippen molar-refractivity contribution < 1.29 is 18.7 Å². The van der Waals surface area contributed by atoms with E-state index < -0.39 is 11.9 Å². The van der Waals surface area contributed by atoms with Crippen molar-refractivity contribution in [2.45, 2.75) is 12.8 Å². The van der Waals surface area contributed by atoms with Crippen molar-refractivity contribution >= 4 is 22.7 Å². The molecule has 0 spiro atoms. The summed E-state index contributed by atoms with van der Waals surface area (Å²) in [5.41, 5.74) is 0.651. The lowest BCUT2D eigenvalue weighted by Crippen LogP contribution is -2.20. The molecule has 1 aromatic heterocycles. The Balaban J connectivity index is 2.49. The maximum Gasteiger partial charge on any atom is 0.324 e. The highest BCUT2D eigenvalue weighted by Gasteiger charge is 2.29. The highest BCUT2D eigenvalue weighted by Crippen LogP contribution is 2.26. The van der Waals surface area contributed by atoms with Crippen molar-refractivity contribution in [3.63, 3.8) is 0 Å². The van der Waals surface area contributed by atoms with Gasteiger partial charge in [0.25, 0.3) is 0 Å². The third kappa shape index (κ3) is 2.06. The van der Waals surface area contributed by atoms with Crippen LogP contribution >= 0.6 is 0 Å². The number of fused-ring (bicyclic) bond motifs is 1. The lowest BCUT2D eigenvalue weighted by Gasteiger charge is -2.07. The number of esters is 1. The van der Waals surface area contributed by atoms with Crippen LogP contribution in [-0.4, -0.2) is 18.9 Å². The van der Waals surface area contributed by atoms with E-state index in [1.165, 1.54) is 14.0 Å². The molecule has 17 heavy (non-hydrogen) atoms. The Labute approximate surface area is 98.2 Å². The molecule has 0 saturated heterocycles. The molecule has 0 fully saturated rings. The van der Waals surface area contributed by atoms with Crippen LogP contribution in [0.1, 0.15) is 18.6 Å². The van der Waals surface area contributed by atoms with Crippen molar-refractivity contribution in [1.82, 2.24) is 0 Å². The number of hydrogen-bond donors (Lipinski definition) is 0. The van der Waals surface area contributed by atoms with Crippen molar-refractivity contribution in [2.24, 2.45) is 0 Å². The van der Waals surface area contributed by atoms with Crippen molar-refractivity contribution in [3.8, 4) is 0 Å². The molecule has 0 amide bonds. The molecule has 1 atom stereocenters. The maximum atomic E-state index is 11.5. The molecule has 0 aliphatic carbocycles. The zero-order chi connectivity index (χ0) is 12.4. The summed E-state index contributed by atoms with van der Waals surface area (Å²) < 4.78 is 10.1. The Morgan fingerprint density at radius 3 is 2.59 bits per heavy atom. The minimum absolute atomic E-state index is 0.295. The lowest BCUT2D eigenvalue weighted by atomic mass is 10.0. The number of rotatable bonds is 3. The third-order valence-electron chi connectivity index (χ3n) is 2.57. The van der Waals surface area contributed by atoms with Crippen LogP contribution in [0.2, 0.25) is 0 Å². The molecule has 1 unspecified atom stereocenters. The van der Waals surface area contributed by atoms with Gasteiger partial charge in [-0.25, -0.2) is 0 Å². The molecule has 0 saturated carbocycles. The van der Waals surface area contributed by atoms with Crippen molar-refractivity contribution in [1.29, 1.82) is 0 Å². The van der Waals surface area contributed by atoms with Crippen molar-refractivity contribution in [2.75, 3.05) is 7.11 Å². The van der Waals surface area contributed by atoms with Gasteiger partial charge in [0.15, 0.2) is 11.7 Å². The molecule has 0 bridgehead atoms. The summed E-state index contributed by atoms with van der Waals surface area (Å²) in [7, 11) is 1.25. The monoisotopic (exact) mass is 232 g/mol. The molecular formula is C13H12O4. The molecule has 0 aliphatic heterocycles. The summed E-state index contributed by atoms with van der Waals surface area (Å²) in [6.45, 7) is 1.34. The molecule has 1 aromatic carbocycles. The van der Waals surface area contributed by atoms with Crippen LogP contribution in [0.3, 0.4) is 0 Å². The highest BCUT2D eigenvalue weighted by atomic mass is 16.5. The van der Waals surface area contributed by atoms with E-state index in [1.807, 2.05) is 18.2 Å². The summed E-state index contributed by atoms with van der Waals surface area (Å²) in [5, 5.41) is 0.859. The maximum absolute atomic E-state index is 11.5. The molecule has 4 nitrogen and oxygen atoms in total. The average Bonchev–Trinajstić information content (AvgIpc) is 2.71. The standard InChI is InChI=1S/C13H12O4/c1-8(14)12(13(15)16-2)11-7-9-5-3-4-6-10(9)17-11/h3-7,12H,1-2H3. The predicted octanol–water partition coefficient (Wildman–Crippen LogP) is 2.28. The van der Waals surface area contributed by atoms with Crippen molar-refractivity contribution in [3.05, 3.63) is 36.1 Å². The smallest absolute Gasteiger partial charge is 0.324 e. The second-order valence-electron chi connectivity index (χ2n) is 3.75. The number of benzene rings is 1. The Morgan fingerprint density at radius 2 is 2.00 bits per heavy atom. The first-order valence-electron chi connectivity index (χ1n) is 5.20. The second-order valence-corrected chi connectivity index (χ2v) is 3.75. The molecule has 0 aliphatic rings. The number of ketones is 1. The summed E-state index contributed by atoms with van der Waals surface area (Å²) in [6.07, 6.45) is 0. The molecule has 88 valence electrons. The van der Waals surface area contributed by atoms with Crippen LogP contribution in [0.25, 0.3) is 11.0 Å². The fourth-order valence-electron chi connectivity index (χ4n) is 1.74. The van der Waals surface area contributed by atoms with Gasteiger partial charge in [-0.1, -0.05) is 18.2 Å². The summed E-state index contributed by atoms with van der Waals surface area (Å²) in [5.74, 6) is -1.55. The van der Waals surface area contributed by atoms with Gasteiger partial charge >= 0.3 is 5.97 Å². The van der Waals surface area contributed by atoms with Crippen LogP contribution in [0.5, 0.6) is 0 Å². The van der Waals surface area contributed by atoms with Crippen LogP contribution in [0.15, 0.2) is 34.7 Å². The number of furan rings is 1. The van der Waals surface area contributed by atoms with E-state index in [0.717, 1.165) is 5.39 Å². The summed E-state index contributed by atoms with van der Waals surface area (Å²) >= 11 is 0. The first-order chi connectivity index (χ1) is 8.13. The Kier molecular flexibility index (Phi) is 2.95. The Hall–Kier alpha value is -2.10. The van der Waals surface area contributed by atoms with Gasteiger partial charge in [0, 0.05) is 5.39 Å². The zero-order valence-corrected chi connectivity index (χ0v) is 9.60. The van der Waals surface area contributed by atoms with Gasteiger partial charge in [0.2, 0.25) is 0 Å². The number of para-hydroxylation sites is 1. The minimum atomic E-state index is -0.979. The molecule has 0 N–H and O–H groups in total. The second kappa shape index (κ2) is 4.41. The number of ether oxygens (including phenoxy) is 1. The normalized spacial score (nSPS) is 12.4. The lowest BCUT2D eigenvalue weighted by molar-refractivity contribution is -0.145. The SMILES string of the molecule is COC(=O)C(C(C)=O)c1cc2ccccc2o1. The number of carbonyl (C=O) groups is 2. The highest BCUT2D eigenvalue weighted by molar-refractivity contribution is 6.03. The van der Waals surface area contributed by atoms with Gasteiger partial charge in [0.1, 0.15) is 11.3 Å². The summed E-state index contributed by atoms with van der Waals surface area (Å²) in [6, 6.07) is 9.03. The van der Waals surface area contributed by atoms with Crippen LogP contribution in [0, 0.1) is 0 Å². The molecule has 2 rings (SSSR count). The molecule has 1 heterocycles. The van der Waals surface area contributed by atoms with E-state index in [2.05, 4.69) is 4.74 Å². The molecule has 4 heteroatoms. The predicted molar refractivity (Wildman–Crippen MR) is 61.7 cm³/mol. The van der Waals surface area contributed by atoms with Gasteiger partial charge in [0.05, 0.1) is 7.11 Å². The first kappa shape index (κ1) is 11.4. The van der Waals surface area contributed by atoms with Crippen LogP contribution < -0.4 is 0 Å². The Morgan fingerprint density at radius 1 is 1.29 bits per heavy atom. The number of hydrogen-bond acceptors (Lipinski definition) is 4. The first-order valence-corrected chi connectivity index (χ1v) is 5.20. The minimum Gasteiger partial charge on any atom is -0.468 e. The number of Topliss-reactive ketones (excluding diaryl/α,β-unsaturated/α-hetero) is 1. The number of methoxy groups -OCH3 is 1. The van der Waals surface area contributed by atoms with Crippen LogP contribution in [-0.2, 0) is 14.3 Å².